The highest BCUT2D eigenvalue weighted by atomic mass is 32.1. The molecule has 0 spiro atoms. The lowest BCUT2D eigenvalue weighted by molar-refractivity contribution is -0.118. The largest absolute Gasteiger partial charge is 0.496 e. The third kappa shape index (κ3) is 4.26. The Labute approximate surface area is 114 Å². The lowest BCUT2D eigenvalue weighted by Gasteiger charge is -2.13. The molecule has 1 aromatic rings. The van der Waals surface area contributed by atoms with Crippen molar-refractivity contribution in [1.82, 2.24) is 5.32 Å². The van der Waals surface area contributed by atoms with Crippen molar-refractivity contribution in [2.45, 2.75) is 26.2 Å². The normalized spacial score (nSPS) is 10.5. The maximum Gasteiger partial charge on any atom is 0.229 e. The van der Waals surface area contributed by atoms with Gasteiger partial charge in [-0.25, -0.2) is 0 Å². The fourth-order valence-electron chi connectivity index (χ4n) is 1.75. The highest BCUT2D eigenvalue weighted by Crippen LogP contribution is 2.24. The van der Waals surface area contributed by atoms with E-state index < -0.39 is 0 Å². The van der Waals surface area contributed by atoms with E-state index in [9.17, 15) is 4.79 Å². The molecular weight excluding hydrogens is 246 g/mol. The Morgan fingerprint density at radius 3 is 2.72 bits per heavy atom. The fourth-order valence-corrected chi connectivity index (χ4v) is 1.86. The van der Waals surface area contributed by atoms with Crippen LogP contribution in [0.3, 0.4) is 0 Å². The molecule has 0 bridgehead atoms. The Kier molecular flexibility index (Phi) is 6.05. The SMILES string of the molecule is COc1ccc(C(C)C)cc1CCNC(=O)CS. The van der Waals surface area contributed by atoms with Crippen LogP contribution in [0.5, 0.6) is 5.75 Å². The average Bonchev–Trinajstić information content (AvgIpc) is 2.38. The first-order valence-corrected chi connectivity index (χ1v) is 6.76. The molecule has 0 unspecified atom stereocenters. The van der Waals surface area contributed by atoms with E-state index in [1.165, 1.54) is 5.56 Å². The fraction of sp³-hybridized carbons (Fsp3) is 0.500. The van der Waals surface area contributed by atoms with Crippen LogP contribution in [0, 0.1) is 0 Å². The summed E-state index contributed by atoms with van der Waals surface area (Å²) >= 11 is 3.92. The number of hydrogen-bond donors (Lipinski definition) is 2. The van der Waals surface area contributed by atoms with Gasteiger partial charge in [0.2, 0.25) is 5.91 Å². The molecule has 0 radical (unpaired) electrons. The van der Waals surface area contributed by atoms with Crippen molar-refractivity contribution in [3.05, 3.63) is 29.3 Å². The van der Waals surface area contributed by atoms with Gasteiger partial charge in [0.1, 0.15) is 5.75 Å². The molecule has 0 aromatic heterocycles. The first-order valence-electron chi connectivity index (χ1n) is 6.12. The third-order valence-electron chi connectivity index (χ3n) is 2.83. The van der Waals surface area contributed by atoms with E-state index in [0.717, 1.165) is 17.7 Å². The molecule has 0 atom stereocenters. The van der Waals surface area contributed by atoms with Crippen LogP contribution in [0.25, 0.3) is 0 Å². The van der Waals surface area contributed by atoms with Crippen molar-refractivity contribution in [2.75, 3.05) is 19.4 Å². The van der Waals surface area contributed by atoms with Gasteiger partial charge < -0.3 is 10.1 Å². The second kappa shape index (κ2) is 7.31. The van der Waals surface area contributed by atoms with Gasteiger partial charge >= 0.3 is 0 Å². The average molecular weight is 267 g/mol. The molecule has 100 valence electrons. The summed E-state index contributed by atoms with van der Waals surface area (Å²) in [4.78, 5) is 11.1. The van der Waals surface area contributed by atoms with E-state index in [4.69, 9.17) is 4.74 Å². The molecule has 18 heavy (non-hydrogen) atoms. The number of thiol groups is 1. The minimum atomic E-state index is -0.0442. The lowest BCUT2D eigenvalue weighted by Crippen LogP contribution is -2.26. The first kappa shape index (κ1) is 14.9. The van der Waals surface area contributed by atoms with Gasteiger partial charge in [-0.15, -0.1) is 0 Å². The van der Waals surface area contributed by atoms with E-state index in [0.29, 0.717) is 12.5 Å². The monoisotopic (exact) mass is 267 g/mol. The minimum Gasteiger partial charge on any atom is -0.496 e. The Hall–Kier alpha value is -1.16. The van der Waals surface area contributed by atoms with E-state index in [2.05, 4.69) is 43.9 Å². The van der Waals surface area contributed by atoms with Crippen LogP contribution in [0.4, 0.5) is 0 Å². The zero-order valence-corrected chi connectivity index (χ0v) is 12.1. The van der Waals surface area contributed by atoms with Crippen molar-refractivity contribution in [1.29, 1.82) is 0 Å². The molecule has 0 aliphatic rings. The predicted molar refractivity (Wildman–Crippen MR) is 77.6 cm³/mol. The molecule has 0 saturated carbocycles. The van der Waals surface area contributed by atoms with Gasteiger partial charge in [-0.05, 0) is 29.5 Å². The summed E-state index contributed by atoms with van der Waals surface area (Å²) in [6.07, 6.45) is 0.767. The summed E-state index contributed by atoms with van der Waals surface area (Å²) < 4.78 is 5.34. The van der Waals surface area contributed by atoms with Crippen LogP contribution >= 0.6 is 12.6 Å². The van der Waals surface area contributed by atoms with Gasteiger partial charge in [0, 0.05) is 6.54 Å². The number of nitrogens with one attached hydrogen (secondary N) is 1. The molecule has 1 N–H and O–H groups in total. The standard InChI is InChI=1S/C14H21NO2S/c1-10(2)11-4-5-13(17-3)12(8-11)6-7-15-14(16)9-18/h4-5,8,10,18H,6-7,9H2,1-3H3,(H,15,16). The van der Waals surface area contributed by atoms with Crippen LogP contribution in [0.15, 0.2) is 18.2 Å². The smallest absolute Gasteiger partial charge is 0.229 e. The molecule has 4 heteroatoms. The Balaban J connectivity index is 2.72. The summed E-state index contributed by atoms with van der Waals surface area (Å²) in [6.45, 7) is 4.93. The van der Waals surface area contributed by atoms with Crippen LogP contribution in [0.1, 0.15) is 30.9 Å². The molecule has 0 heterocycles. The Bertz CT molecular complexity index is 405. The molecule has 1 amide bonds. The Morgan fingerprint density at radius 2 is 2.17 bits per heavy atom. The van der Waals surface area contributed by atoms with Gasteiger partial charge in [-0.3, -0.25) is 4.79 Å². The summed E-state index contributed by atoms with van der Waals surface area (Å²) in [6, 6.07) is 6.22. The van der Waals surface area contributed by atoms with Gasteiger partial charge in [-0.2, -0.15) is 12.6 Å². The van der Waals surface area contributed by atoms with Gasteiger partial charge in [0.05, 0.1) is 12.9 Å². The zero-order valence-electron chi connectivity index (χ0n) is 11.2. The second-order valence-corrected chi connectivity index (χ2v) is 4.80. The third-order valence-corrected chi connectivity index (χ3v) is 3.12. The number of amides is 1. The number of carbonyl (C=O) groups excluding carboxylic acids is 1. The maximum absolute atomic E-state index is 11.1. The number of benzene rings is 1. The predicted octanol–water partition coefficient (Wildman–Crippen LogP) is 2.41. The molecule has 1 rings (SSSR count). The van der Waals surface area contributed by atoms with Crippen LogP contribution in [-0.4, -0.2) is 25.3 Å². The summed E-state index contributed by atoms with van der Waals surface area (Å²) in [5.74, 6) is 1.54. The number of carbonyl (C=O) groups is 1. The highest BCUT2D eigenvalue weighted by Gasteiger charge is 2.07. The van der Waals surface area contributed by atoms with Crippen molar-refractivity contribution in [2.24, 2.45) is 0 Å². The van der Waals surface area contributed by atoms with E-state index >= 15 is 0 Å². The van der Waals surface area contributed by atoms with Crippen molar-refractivity contribution >= 4 is 18.5 Å². The minimum absolute atomic E-state index is 0.0442. The zero-order chi connectivity index (χ0) is 13.5. The van der Waals surface area contributed by atoms with Gasteiger partial charge in [0.15, 0.2) is 0 Å². The van der Waals surface area contributed by atoms with Crippen molar-refractivity contribution < 1.29 is 9.53 Å². The number of ether oxygens (including phenoxy) is 1. The van der Waals surface area contributed by atoms with E-state index in [1.54, 1.807) is 7.11 Å². The van der Waals surface area contributed by atoms with Crippen molar-refractivity contribution in [3.63, 3.8) is 0 Å². The van der Waals surface area contributed by atoms with Crippen LogP contribution in [-0.2, 0) is 11.2 Å². The second-order valence-electron chi connectivity index (χ2n) is 4.48. The molecule has 0 aliphatic heterocycles. The molecule has 0 saturated heterocycles. The summed E-state index contributed by atoms with van der Waals surface area (Å²) in [5, 5.41) is 2.81. The Morgan fingerprint density at radius 1 is 1.44 bits per heavy atom. The molecule has 3 nitrogen and oxygen atoms in total. The van der Waals surface area contributed by atoms with E-state index in [-0.39, 0.29) is 11.7 Å². The first-order chi connectivity index (χ1) is 8.58. The molecule has 1 aromatic carbocycles. The summed E-state index contributed by atoms with van der Waals surface area (Å²) in [5.41, 5.74) is 2.41. The van der Waals surface area contributed by atoms with Crippen LogP contribution < -0.4 is 10.1 Å². The maximum atomic E-state index is 11.1. The van der Waals surface area contributed by atoms with Gasteiger partial charge in [0.25, 0.3) is 0 Å². The quantitative estimate of drug-likeness (QED) is 0.777. The molecular formula is C14H21NO2S. The molecule has 0 fully saturated rings. The van der Waals surface area contributed by atoms with Crippen LogP contribution in [0.2, 0.25) is 0 Å². The lowest BCUT2D eigenvalue weighted by atomic mass is 9.99. The number of hydrogen-bond acceptors (Lipinski definition) is 3. The number of rotatable bonds is 6. The van der Waals surface area contributed by atoms with Gasteiger partial charge in [-0.1, -0.05) is 26.0 Å². The topological polar surface area (TPSA) is 38.3 Å². The van der Waals surface area contributed by atoms with E-state index in [1.807, 2.05) is 6.07 Å². The summed E-state index contributed by atoms with van der Waals surface area (Å²) in [7, 11) is 1.67. The van der Waals surface area contributed by atoms with Crippen molar-refractivity contribution in [3.8, 4) is 5.75 Å². The molecule has 0 aliphatic carbocycles. The highest BCUT2D eigenvalue weighted by molar-refractivity contribution is 7.81. The number of methoxy groups -OCH3 is 1.